The highest BCUT2D eigenvalue weighted by atomic mass is 16.5. The Kier molecular flexibility index (Phi) is 2.92. The average molecular weight is 259 g/mol. The van der Waals surface area contributed by atoms with Gasteiger partial charge < -0.3 is 4.74 Å². The summed E-state index contributed by atoms with van der Waals surface area (Å²) < 4.78 is 5.53. The Balaban J connectivity index is 1.91. The van der Waals surface area contributed by atoms with Crippen LogP contribution in [-0.4, -0.2) is 12.1 Å². The molecule has 4 aliphatic rings. The third kappa shape index (κ3) is 2.08. The second kappa shape index (κ2) is 4.37. The molecule has 0 aliphatic heterocycles. The molecule has 0 amide bonds. The van der Waals surface area contributed by atoms with Gasteiger partial charge >= 0.3 is 5.97 Å². The number of nitriles is 1. The van der Waals surface area contributed by atoms with Gasteiger partial charge in [0, 0.05) is 12.3 Å². The largest absolute Gasteiger partial charge is 0.456 e. The summed E-state index contributed by atoms with van der Waals surface area (Å²) in [6.07, 6.45) is 6.96. The Morgan fingerprint density at radius 3 is 2.11 bits per heavy atom. The third-order valence-corrected chi connectivity index (χ3v) is 5.39. The Morgan fingerprint density at radius 1 is 1.26 bits per heavy atom. The third-order valence-electron chi connectivity index (χ3n) is 5.39. The van der Waals surface area contributed by atoms with Gasteiger partial charge in [0.1, 0.15) is 6.10 Å². The molecule has 1 atom stereocenters. The average Bonchev–Trinajstić information content (AvgIpc) is 2.33. The lowest BCUT2D eigenvalue weighted by atomic mass is 9.47. The van der Waals surface area contributed by atoms with Crippen molar-refractivity contribution in [3.8, 4) is 6.07 Å². The van der Waals surface area contributed by atoms with Crippen LogP contribution in [0.25, 0.3) is 0 Å². The summed E-state index contributed by atoms with van der Waals surface area (Å²) >= 11 is 0. The molecule has 4 rings (SSSR count). The normalized spacial score (nSPS) is 40.5. The van der Waals surface area contributed by atoms with Crippen LogP contribution >= 0.6 is 0 Å². The zero-order valence-electron chi connectivity index (χ0n) is 11.5. The van der Waals surface area contributed by atoms with E-state index in [0.717, 1.165) is 37.0 Å². The molecule has 0 spiro atoms. The number of carbonyl (C=O) groups excluding carboxylic acids is 1. The lowest BCUT2D eigenvalue weighted by Crippen LogP contribution is -2.53. The van der Waals surface area contributed by atoms with Gasteiger partial charge in [-0.1, -0.05) is 6.58 Å². The Morgan fingerprint density at radius 2 is 1.74 bits per heavy atom. The van der Waals surface area contributed by atoms with E-state index in [9.17, 15) is 10.1 Å². The molecule has 0 aromatic heterocycles. The van der Waals surface area contributed by atoms with E-state index in [0.29, 0.717) is 5.57 Å². The maximum Gasteiger partial charge on any atom is 0.303 e. The van der Waals surface area contributed by atoms with E-state index in [1.807, 2.05) is 0 Å². The number of nitrogens with zero attached hydrogens (tertiary/aromatic N) is 1. The zero-order chi connectivity index (χ0) is 13.6. The first kappa shape index (κ1) is 12.7. The van der Waals surface area contributed by atoms with Crippen molar-refractivity contribution in [1.29, 1.82) is 5.26 Å². The van der Waals surface area contributed by atoms with Crippen LogP contribution in [0.15, 0.2) is 12.2 Å². The summed E-state index contributed by atoms with van der Waals surface area (Å²) in [6.45, 7) is 5.27. The molecule has 0 saturated heterocycles. The van der Waals surface area contributed by atoms with Crippen molar-refractivity contribution >= 4 is 5.97 Å². The minimum absolute atomic E-state index is 0.00718. The first-order chi connectivity index (χ1) is 9.02. The molecule has 3 heteroatoms. The molecule has 4 saturated carbocycles. The lowest BCUT2D eigenvalue weighted by molar-refractivity contribution is -0.164. The number of rotatable bonds is 3. The molecule has 0 heterocycles. The van der Waals surface area contributed by atoms with E-state index in [-0.39, 0.29) is 17.5 Å². The Bertz CT molecular complexity index is 425. The summed E-state index contributed by atoms with van der Waals surface area (Å²) in [5, 5.41) is 9.18. The van der Waals surface area contributed by atoms with Crippen LogP contribution in [0.2, 0.25) is 0 Å². The fourth-order valence-electron chi connectivity index (χ4n) is 5.29. The molecule has 19 heavy (non-hydrogen) atoms. The molecule has 4 bridgehead atoms. The Hall–Kier alpha value is -1.30. The van der Waals surface area contributed by atoms with Crippen LogP contribution in [0.3, 0.4) is 0 Å². The summed E-state index contributed by atoms with van der Waals surface area (Å²) in [5.41, 5.74) is 0.435. The first-order valence-electron chi connectivity index (χ1n) is 7.28. The maximum atomic E-state index is 11.4. The molecule has 102 valence electrons. The summed E-state index contributed by atoms with van der Waals surface area (Å²) in [5.74, 6) is 2.03. The second-order valence-corrected chi connectivity index (χ2v) is 6.91. The van der Waals surface area contributed by atoms with E-state index >= 15 is 0 Å². The number of ether oxygens (including phenoxy) is 1. The molecule has 0 N–H and O–H groups in total. The molecular weight excluding hydrogens is 238 g/mol. The van der Waals surface area contributed by atoms with E-state index in [4.69, 9.17) is 4.74 Å². The van der Waals surface area contributed by atoms with Crippen molar-refractivity contribution in [3.05, 3.63) is 12.2 Å². The number of hydrogen-bond acceptors (Lipinski definition) is 3. The summed E-state index contributed by atoms with van der Waals surface area (Å²) in [6, 6.07) is 2.12. The molecule has 0 aromatic rings. The molecule has 4 aliphatic carbocycles. The standard InChI is InChI=1S/C16H21NO2/c1-10(9-17)15(19-11(2)18)16-6-12-3-13(7-16)5-14(4-12)8-16/h12-15H,1,3-8H2,2H3. The van der Waals surface area contributed by atoms with Crippen LogP contribution in [0.5, 0.6) is 0 Å². The Labute approximate surface area is 114 Å². The first-order valence-corrected chi connectivity index (χ1v) is 7.28. The highest BCUT2D eigenvalue weighted by molar-refractivity contribution is 5.66. The minimum Gasteiger partial charge on any atom is -0.456 e. The van der Waals surface area contributed by atoms with E-state index in [1.165, 1.54) is 26.2 Å². The lowest BCUT2D eigenvalue weighted by Gasteiger charge is -2.58. The minimum atomic E-state index is -0.386. The zero-order valence-corrected chi connectivity index (χ0v) is 11.5. The predicted molar refractivity (Wildman–Crippen MR) is 70.9 cm³/mol. The smallest absolute Gasteiger partial charge is 0.303 e. The quantitative estimate of drug-likeness (QED) is 0.577. The van der Waals surface area contributed by atoms with E-state index in [1.54, 1.807) is 0 Å². The maximum absolute atomic E-state index is 11.4. The molecule has 4 fully saturated rings. The van der Waals surface area contributed by atoms with Gasteiger partial charge in [-0.3, -0.25) is 4.79 Å². The fraction of sp³-hybridized carbons (Fsp3) is 0.750. The van der Waals surface area contributed by atoms with Gasteiger partial charge in [-0.05, 0) is 56.3 Å². The monoisotopic (exact) mass is 259 g/mol. The van der Waals surface area contributed by atoms with Crippen molar-refractivity contribution in [2.45, 2.75) is 51.6 Å². The van der Waals surface area contributed by atoms with E-state index < -0.39 is 0 Å². The SMILES string of the molecule is C=C(C#N)C(OC(C)=O)C12CC3CC(CC(C3)C1)C2. The molecular formula is C16H21NO2. The topological polar surface area (TPSA) is 50.1 Å². The summed E-state index contributed by atoms with van der Waals surface area (Å²) in [7, 11) is 0. The fourth-order valence-corrected chi connectivity index (χ4v) is 5.29. The van der Waals surface area contributed by atoms with Gasteiger partial charge in [0.15, 0.2) is 0 Å². The van der Waals surface area contributed by atoms with Crippen molar-refractivity contribution in [1.82, 2.24) is 0 Å². The highest BCUT2D eigenvalue weighted by Gasteiger charge is 2.56. The second-order valence-electron chi connectivity index (χ2n) is 6.91. The van der Waals surface area contributed by atoms with Crippen LogP contribution in [-0.2, 0) is 9.53 Å². The number of carbonyl (C=O) groups is 1. The van der Waals surface area contributed by atoms with E-state index in [2.05, 4.69) is 12.6 Å². The van der Waals surface area contributed by atoms with Crippen LogP contribution in [0.1, 0.15) is 45.4 Å². The predicted octanol–water partition coefficient (Wildman–Crippen LogP) is 3.21. The number of esters is 1. The number of hydrogen-bond donors (Lipinski definition) is 0. The van der Waals surface area contributed by atoms with Crippen molar-refractivity contribution in [3.63, 3.8) is 0 Å². The summed E-state index contributed by atoms with van der Waals surface area (Å²) in [4.78, 5) is 11.4. The van der Waals surface area contributed by atoms with Gasteiger partial charge in [0.05, 0.1) is 11.6 Å². The molecule has 0 aromatic carbocycles. The molecule has 0 radical (unpaired) electrons. The highest BCUT2D eigenvalue weighted by Crippen LogP contribution is 2.62. The molecule has 3 nitrogen and oxygen atoms in total. The van der Waals surface area contributed by atoms with Gasteiger partial charge in [0.25, 0.3) is 0 Å². The van der Waals surface area contributed by atoms with Crippen LogP contribution < -0.4 is 0 Å². The van der Waals surface area contributed by atoms with Crippen molar-refractivity contribution < 1.29 is 9.53 Å². The van der Waals surface area contributed by atoms with Crippen molar-refractivity contribution in [2.24, 2.45) is 23.2 Å². The van der Waals surface area contributed by atoms with Crippen LogP contribution in [0, 0.1) is 34.5 Å². The van der Waals surface area contributed by atoms with Crippen molar-refractivity contribution in [2.75, 3.05) is 0 Å². The molecule has 1 unspecified atom stereocenters. The van der Waals surface area contributed by atoms with Gasteiger partial charge in [-0.15, -0.1) is 0 Å². The van der Waals surface area contributed by atoms with Gasteiger partial charge in [-0.25, -0.2) is 0 Å². The van der Waals surface area contributed by atoms with Gasteiger partial charge in [0.2, 0.25) is 0 Å². The van der Waals surface area contributed by atoms with Crippen LogP contribution in [0.4, 0.5) is 0 Å². The van der Waals surface area contributed by atoms with Gasteiger partial charge in [-0.2, -0.15) is 5.26 Å².